The van der Waals surface area contributed by atoms with Crippen LogP contribution in [0.4, 0.5) is 13.2 Å². The Morgan fingerprint density at radius 2 is 1.59 bits per heavy atom. The van der Waals surface area contributed by atoms with Crippen molar-refractivity contribution in [2.75, 3.05) is 0 Å². The molecule has 0 aliphatic heterocycles. The van der Waals surface area contributed by atoms with Gasteiger partial charge in [-0.3, -0.25) is 0 Å². The van der Waals surface area contributed by atoms with Gasteiger partial charge in [-0.25, -0.2) is 13.2 Å². The first-order chi connectivity index (χ1) is 7.97. The molecule has 0 amide bonds. The Hall–Kier alpha value is -1.48. The fourth-order valence-electron chi connectivity index (χ4n) is 1.62. The van der Waals surface area contributed by atoms with E-state index < -0.39 is 17.5 Å². The van der Waals surface area contributed by atoms with Gasteiger partial charge in [-0.1, -0.05) is 11.6 Å². The molecule has 2 aromatic carbocycles. The minimum atomic E-state index is -0.758. The van der Waals surface area contributed by atoms with Gasteiger partial charge >= 0.3 is 0 Å². The van der Waals surface area contributed by atoms with Crippen molar-refractivity contribution < 1.29 is 13.2 Å². The summed E-state index contributed by atoms with van der Waals surface area (Å²) < 4.78 is 40.4. The van der Waals surface area contributed by atoms with E-state index >= 15 is 0 Å². The Morgan fingerprint density at radius 1 is 1.00 bits per heavy atom. The lowest BCUT2D eigenvalue weighted by molar-refractivity contribution is 0.587. The highest BCUT2D eigenvalue weighted by Gasteiger charge is 2.13. The molecule has 0 atom stereocenters. The van der Waals surface area contributed by atoms with E-state index in [9.17, 15) is 13.2 Å². The molecule has 0 fully saturated rings. The van der Waals surface area contributed by atoms with Crippen LogP contribution in [0, 0.1) is 30.4 Å². The number of aryl methyl sites for hydroxylation is 1. The average molecular weight is 256 g/mol. The van der Waals surface area contributed by atoms with E-state index in [-0.39, 0.29) is 16.1 Å². The SMILES string of the molecule is Cc1cc(F)c(-c2cc(F)[c]c(Cl)c2)c(F)c1. The fraction of sp³-hybridized carbons (Fsp3) is 0.0769. The second kappa shape index (κ2) is 4.41. The summed E-state index contributed by atoms with van der Waals surface area (Å²) in [6, 6.07) is 6.80. The zero-order valence-corrected chi connectivity index (χ0v) is 9.58. The molecule has 0 saturated carbocycles. The summed E-state index contributed by atoms with van der Waals surface area (Å²) in [5.74, 6) is -2.25. The minimum absolute atomic E-state index is 0.0284. The molecule has 0 nitrogen and oxygen atoms in total. The van der Waals surface area contributed by atoms with Crippen molar-refractivity contribution in [3.63, 3.8) is 0 Å². The summed E-state index contributed by atoms with van der Waals surface area (Å²) in [5, 5.41) is -0.0284. The first kappa shape index (κ1) is 12.0. The van der Waals surface area contributed by atoms with Crippen LogP contribution in [0.3, 0.4) is 0 Å². The van der Waals surface area contributed by atoms with Gasteiger partial charge in [0.2, 0.25) is 0 Å². The molecule has 17 heavy (non-hydrogen) atoms. The maximum Gasteiger partial charge on any atom is 0.134 e. The highest BCUT2D eigenvalue weighted by molar-refractivity contribution is 6.30. The quantitative estimate of drug-likeness (QED) is 0.702. The molecule has 0 heterocycles. The number of hydrogen-bond donors (Lipinski definition) is 0. The molecule has 0 N–H and O–H groups in total. The first-order valence-electron chi connectivity index (χ1n) is 4.82. The molecular weight excluding hydrogens is 249 g/mol. The third-order valence-electron chi connectivity index (χ3n) is 2.28. The van der Waals surface area contributed by atoms with Gasteiger partial charge in [-0.2, -0.15) is 0 Å². The van der Waals surface area contributed by atoms with Crippen LogP contribution < -0.4 is 0 Å². The molecule has 0 aliphatic carbocycles. The Labute approximate surface area is 102 Å². The van der Waals surface area contributed by atoms with Crippen molar-refractivity contribution >= 4 is 11.6 Å². The van der Waals surface area contributed by atoms with E-state index in [4.69, 9.17) is 11.6 Å². The van der Waals surface area contributed by atoms with Gasteiger partial charge in [0.15, 0.2) is 0 Å². The molecule has 0 aliphatic rings. The van der Waals surface area contributed by atoms with E-state index in [1.54, 1.807) is 6.92 Å². The number of rotatable bonds is 1. The van der Waals surface area contributed by atoms with Crippen LogP contribution in [0.5, 0.6) is 0 Å². The molecule has 1 radical (unpaired) electrons. The van der Waals surface area contributed by atoms with E-state index in [1.807, 2.05) is 0 Å². The smallest absolute Gasteiger partial charge is 0.134 e. The van der Waals surface area contributed by atoms with Gasteiger partial charge in [-0.15, -0.1) is 0 Å². The van der Waals surface area contributed by atoms with E-state index in [2.05, 4.69) is 6.07 Å². The highest BCUT2D eigenvalue weighted by Crippen LogP contribution is 2.29. The standard InChI is InChI=1S/C13H7ClF3/c1-7-2-11(16)13(12(17)3-7)8-4-9(14)6-10(15)5-8/h2-5H,1H3. The molecule has 2 rings (SSSR count). The predicted molar refractivity (Wildman–Crippen MR) is 60.3 cm³/mol. The lowest BCUT2D eigenvalue weighted by Gasteiger charge is -2.07. The first-order valence-corrected chi connectivity index (χ1v) is 5.19. The van der Waals surface area contributed by atoms with E-state index in [1.165, 1.54) is 18.2 Å². The Balaban J connectivity index is 2.68. The van der Waals surface area contributed by atoms with E-state index in [0.717, 1.165) is 6.07 Å². The summed E-state index contributed by atoms with van der Waals surface area (Å²) >= 11 is 5.60. The van der Waals surface area contributed by atoms with Gasteiger partial charge in [0, 0.05) is 6.07 Å². The third-order valence-corrected chi connectivity index (χ3v) is 2.48. The van der Waals surface area contributed by atoms with Crippen molar-refractivity contribution in [2.45, 2.75) is 6.92 Å². The molecule has 0 unspecified atom stereocenters. The Bertz CT molecular complexity index is 536. The van der Waals surface area contributed by atoms with Crippen LogP contribution in [0.15, 0.2) is 24.3 Å². The molecule has 0 aromatic heterocycles. The Kier molecular flexibility index (Phi) is 3.11. The van der Waals surface area contributed by atoms with E-state index in [0.29, 0.717) is 5.56 Å². The Morgan fingerprint density at radius 3 is 2.12 bits per heavy atom. The van der Waals surface area contributed by atoms with Crippen molar-refractivity contribution in [2.24, 2.45) is 0 Å². The summed E-state index contributed by atoms with van der Waals surface area (Å²) in [4.78, 5) is 0. The van der Waals surface area contributed by atoms with Crippen molar-refractivity contribution in [1.29, 1.82) is 0 Å². The van der Waals surface area contributed by atoms with Crippen molar-refractivity contribution in [3.8, 4) is 11.1 Å². The van der Waals surface area contributed by atoms with Crippen LogP contribution in [0.1, 0.15) is 5.56 Å². The normalized spacial score (nSPS) is 10.6. The van der Waals surface area contributed by atoms with Crippen LogP contribution in [0.2, 0.25) is 5.02 Å². The fourth-order valence-corrected chi connectivity index (χ4v) is 1.83. The summed E-state index contributed by atoms with van der Waals surface area (Å²) in [6.45, 7) is 1.57. The number of halogens is 4. The van der Waals surface area contributed by atoms with Gasteiger partial charge in [0.05, 0.1) is 10.6 Å². The molecule has 2 aromatic rings. The second-order valence-electron chi connectivity index (χ2n) is 3.67. The minimum Gasteiger partial charge on any atom is -0.206 e. The van der Waals surface area contributed by atoms with Gasteiger partial charge in [0.25, 0.3) is 0 Å². The summed E-state index contributed by atoms with van der Waals surface area (Å²) in [7, 11) is 0. The maximum absolute atomic E-state index is 13.6. The predicted octanol–water partition coefficient (Wildman–Crippen LogP) is 4.53. The number of benzene rings is 2. The lowest BCUT2D eigenvalue weighted by Crippen LogP contribution is -1.92. The topological polar surface area (TPSA) is 0 Å². The molecule has 4 heteroatoms. The third kappa shape index (κ3) is 2.44. The molecule has 87 valence electrons. The van der Waals surface area contributed by atoms with Crippen molar-refractivity contribution in [3.05, 3.63) is 58.4 Å². The average Bonchev–Trinajstić information content (AvgIpc) is 2.13. The van der Waals surface area contributed by atoms with Crippen LogP contribution >= 0.6 is 11.6 Å². The highest BCUT2D eigenvalue weighted by atomic mass is 35.5. The van der Waals surface area contributed by atoms with Crippen LogP contribution in [0.25, 0.3) is 11.1 Å². The number of hydrogen-bond acceptors (Lipinski definition) is 0. The largest absolute Gasteiger partial charge is 0.206 e. The van der Waals surface area contributed by atoms with Crippen LogP contribution in [-0.2, 0) is 0 Å². The van der Waals surface area contributed by atoms with Gasteiger partial charge < -0.3 is 0 Å². The summed E-state index contributed by atoms with van der Waals surface area (Å²) in [6.07, 6.45) is 0. The van der Waals surface area contributed by atoms with Gasteiger partial charge in [-0.05, 0) is 42.3 Å². The molecule has 0 spiro atoms. The van der Waals surface area contributed by atoms with Crippen LogP contribution in [-0.4, -0.2) is 0 Å². The monoisotopic (exact) mass is 255 g/mol. The van der Waals surface area contributed by atoms with Crippen molar-refractivity contribution in [1.82, 2.24) is 0 Å². The van der Waals surface area contributed by atoms with Gasteiger partial charge in [0.1, 0.15) is 17.5 Å². The summed E-state index contributed by atoms with van der Waals surface area (Å²) in [5.41, 5.74) is 0.226. The lowest BCUT2D eigenvalue weighted by atomic mass is 10.0. The molecule has 0 bridgehead atoms. The zero-order chi connectivity index (χ0) is 12.6. The molecule has 0 saturated heterocycles. The maximum atomic E-state index is 13.6. The molecular formula is C13H7ClF3. The zero-order valence-electron chi connectivity index (χ0n) is 8.82. The second-order valence-corrected chi connectivity index (χ2v) is 4.08.